The maximum Gasteiger partial charge on any atom is 0.319 e. The zero-order valence-electron chi connectivity index (χ0n) is 16.7. The Bertz CT molecular complexity index is 1070. The molecule has 0 aliphatic carbocycles. The maximum absolute atomic E-state index is 12.0. The summed E-state index contributed by atoms with van der Waals surface area (Å²) in [5.41, 5.74) is 0.795. The Morgan fingerprint density at radius 2 is 1.67 bits per heavy atom. The second-order valence-electron chi connectivity index (χ2n) is 6.47. The summed E-state index contributed by atoms with van der Waals surface area (Å²) in [4.78, 5) is 12.2. The molecule has 0 aliphatic rings. The lowest BCUT2D eigenvalue weighted by molar-refractivity contribution is 0.247. The number of benzene rings is 2. The van der Waals surface area contributed by atoms with Gasteiger partial charge in [-0.25, -0.2) is 21.6 Å². The summed E-state index contributed by atoms with van der Waals surface area (Å²) < 4.78 is 54.4. The van der Waals surface area contributed by atoms with Crippen molar-refractivity contribution in [1.29, 1.82) is 0 Å². The predicted molar refractivity (Wildman–Crippen MR) is 116 cm³/mol. The second kappa shape index (κ2) is 10.3. The van der Waals surface area contributed by atoms with E-state index in [0.717, 1.165) is 6.26 Å². The standard InChI is InChI=1S/C19H25N3O6S2/c1-3-13-30(26,27)22-16-6-4-5-15(14-16)21-19(23)20-11-12-28-17-7-9-18(10-8-17)29(2,24)25/h4-10,14,22H,3,11-13H2,1-2H3,(H2,20,21,23). The molecule has 30 heavy (non-hydrogen) atoms. The minimum atomic E-state index is -3.41. The molecule has 0 radical (unpaired) electrons. The molecule has 2 rings (SSSR count). The summed E-state index contributed by atoms with van der Waals surface area (Å²) >= 11 is 0. The summed E-state index contributed by atoms with van der Waals surface area (Å²) in [6.45, 7) is 2.17. The first-order valence-corrected chi connectivity index (χ1v) is 12.7. The van der Waals surface area contributed by atoms with Crippen LogP contribution in [-0.2, 0) is 19.9 Å². The molecule has 11 heteroatoms. The van der Waals surface area contributed by atoms with Crippen molar-refractivity contribution in [1.82, 2.24) is 5.32 Å². The zero-order valence-corrected chi connectivity index (χ0v) is 18.3. The van der Waals surface area contributed by atoms with Crippen LogP contribution >= 0.6 is 0 Å². The molecule has 0 fully saturated rings. The molecule has 164 valence electrons. The summed E-state index contributed by atoms with van der Waals surface area (Å²) in [6.07, 6.45) is 1.63. The van der Waals surface area contributed by atoms with Gasteiger partial charge in [0, 0.05) is 11.9 Å². The summed E-state index contributed by atoms with van der Waals surface area (Å²) in [5, 5.41) is 5.23. The van der Waals surface area contributed by atoms with Gasteiger partial charge in [-0.05, 0) is 48.9 Å². The topological polar surface area (TPSA) is 131 Å². The fraction of sp³-hybridized carbons (Fsp3) is 0.316. The van der Waals surface area contributed by atoms with E-state index in [-0.39, 0.29) is 23.8 Å². The van der Waals surface area contributed by atoms with Crippen LogP contribution < -0.4 is 20.1 Å². The van der Waals surface area contributed by atoms with Crippen molar-refractivity contribution in [3.05, 3.63) is 48.5 Å². The van der Waals surface area contributed by atoms with E-state index < -0.39 is 25.9 Å². The fourth-order valence-corrected chi connectivity index (χ4v) is 4.21. The summed E-state index contributed by atoms with van der Waals surface area (Å²) in [6, 6.07) is 11.9. The number of amides is 2. The van der Waals surface area contributed by atoms with Crippen LogP contribution in [0.3, 0.4) is 0 Å². The van der Waals surface area contributed by atoms with E-state index in [1.165, 1.54) is 18.2 Å². The molecule has 9 nitrogen and oxygen atoms in total. The van der Waals surface area contributed by atoms with Gasteiger partial charge in [0.25, 0.3) is 0 Å². The Labute approximate surface area is 176 Å². The van der Waals surface area contributed by atoms with E-state index in [4.69, 9.17) is 4.74 Å². The average molecular weight is 456 g/mol. The first kappa shape index (κ1) is 23.5. The van der Waals surface area contributed by atoms with Crippen molar-refractivity contribution in [2.75, 3.05) is 35.2 Å². The van der Waals surface area contributed by atoms with Crippen molar-refractivity contribution >= 4 is 37.3 Å². The number of anilines is 2. The van der Waals surface area contributed by atoms with E-state index in [9.17, 15) is 21.6 Å². The Morgan fingerprint density at radius 1 is 1.00 bits per heavy atom. The number of carbonyl (C=O) groups is 1. The normalized spacial score (nSPS) is 11.5. The molecule has 0 unspecified atom stereocenters. The molecule has 2 aromatic carbocycles. The number of urea groups is 1. The third-order valence-electron chi connectivity index (χ3n) is 3.77. The second-order valence-corrected chi connectivity index (χ2v) is 10.3. The molecule has 0 bridgehead atoms. The summed E-state index contributed by atoms with van der Waals surface area (Å²) in [7, 11) is -6.67. The highest BCUT2D eigenvalue weighted by molar-refractivity contribution is 7.92. The summed E-state index contributed by atoms with van der Waals surface area (Å²) in [5.74, 6) is 0.499. The molecule has 0 saturated carbocycles. The first-order valence-electron chi connectivity index (χ1n) is 9.17. The quantitative estimate of drug-likeness (QED) is 0.472. The number of rotatable bonds is 10. The number of nitrogens with one attached hydrogen (secondary N) is 3. The van der Waals surface area contributed by atoms with Gasteiger partial charge in [0.2, 0.25) is 10.0 Å². The third kappa shape index (κ3) is 7.91. The van der Waals surface area contributed by atoms with Crippen molar-refractivity contribution in [3.63, 3.8) is 0 Å². The van der Waals surface area contributed by atoms with Gasteiger partial charge in [-0.2, -0.15) is 0 Å². The molecule has 0 aromatic heterocycles. The molecule has 0 atom stereocenters. The van der Waals surface area contributed by atoms with E-state index in [2.05, 4.69) is 15.4 Å². The smallest absolute Gasteiger partial charge is 0.319 e. The van der Waals surface area contributed by atoms with Gasteiger partial charge in [-0.1, -0.05) is 13.0 Å². The number of sulfonamides is 1. The molecule has 0 saturated heterocycles. The molecule has 3 N–H and O–H groups in total. The molecule has 0 aliphatic heterocycles. The van der Waals surface area contributed by atoms with E-state index >= 15 is 0 Å². The van der Waals surface area contributed by atoms with Crippen LogP contribution in [0.15, 0.2) is 53.4 Å². The van der Waals surface area contributed by atoms with Crippen molar-refractivity contribution in [2.45, 2.75) is 18.2 Å². The van der Waals surface area contributed by atoms with E-state index in [1.807, 2.05) is 0 Å². The Morgan fingerprint density at radius 3 is 2.30 bits per heavy atom. The van der Waals surface area contributed by atoms with Gasteiger partial charge in [0.1, 0.15) is 12.4 Å². The van der Waals surface area contributed by atoms with Gasteiger partial charge in [-0.3, -0.25) is 4.72 Å². The van der Waals surface area contributed by atoms with Gasteiger partial charge >= 0.3 is 6.03 Å². The molecule has 2 aromatic rings. The first-order chi connectivity index (χ1) is 14.1. The van der Waals surface area contributed by atoms with Crippen LogP contribution in [0.5, 0.6) is 5.75 Å². The van der Waals surface area contributed by atoms with Crippen molar-refractivity contribution in [3.8, 4) is 5.75 Å². The fourth-order valence-electron chi connectivity index (χ4n) is 2.45. The molecule has 2 amide bonds. The minimum Gasteiger partial charge on any atom is -0.492 e. The Balaban J connectivity index is 1.79. The molecular weight excluding hydrogens is 430 g/mol. The van der Waals surface area contributed by atoms with Crippen LogP contribution in [0.2, 0.25) is 0 Å². The largest absolute Gasteiger partial charge is 0.492 e. The van der Waals surface area contributed by atoms with Crippen LogP contribution in [-0.4, -0.2) is 48.0 Å². The lowest BCUT2D eigenvalue weighted by Gasteiger charge is -2.11. The van der Waals surface area contributed by atoms with Gasteiger partial charge in [-0.15, -0.1) is 0 Å². The number of hydrogen-bond donors (Lipinski definition) is 3. The highest BCUT2D eigenvalue weighted by Crippen LogP contribution is 2.17. The minimum absolute atomic E-state index is 0.0160. The van der Waals surface area contributed by atoms with E-state index in [0.29, 0.717) is 23.5 Å². The monoisotopic (exact) mass is 455 g/mol. The van der Waals surface area contributed by atoms with Crippen molar-refractivity contribution in [2.24, 2.45) is 0 Å². The van der Waals surface area contributed by atoms with Crippen LogP contribution in [0.25, 0.3) is 0 Å². The van der Waals surface area contributed by atoms with Crippen LogP contribution in [0.1, 0.15) is 13.3 Å². The number of hydrogen-bond acceptors (Lipinski definition) is 6. The van der Waals surface area contributed by atoms with E-state index in [1.54, 1.807) is 37.3 Å². The number of ether oxygens (including phenoxy) is 1. The van der Waals surface area contributed by atoms with Crippen molar-refractivity contribution < 1.29 is 26.4 Å². The Hall–Kier alpha value is -2.79. The number of sulfone groups is 1. The maximum atomic E-state index is 12.0. The lowest BCUT2D eigenvalue weighted by atomic mass is 10.3. The molecule has 0 spiro atoms. The lowest BCUT2D eigenvalue weighted by Crippen LogP contribution is -2.32. The molecule has 0 heterocycles. The molecular formula is C19H25N3O6S2. The van der Waals surface area contributed by atoms with Gasteiger partial charge < -0.3 is 15.4 Å². The predicted octanol–water partition coefficient (Wildman–Crippen LogP) is 2.44. The third-order valence-corrected chi connectivity index (χ3v) is 6.40. The Kier molecular flexibility index (Phi) is 8.07. The average Bonchev–Trinajstić information content (AvgIpc) is 2.64. The SMILES string of the molecule is CCCS(=O)(=O)Nc1cccc(NC(=O)NCCOc2ccc(S(C)(=O)=O)cc2)c1. The highest BCUT2D eigenvalue weighted by atomic mass is 32.2. The van der Waals surface area contributed by atoms with Gasteiger partial charge in [0.05, 0.1) is 22.9 Å². The van der Waals surface area contributed by atoms with Crippen LogP contribution in [0.4, 0.5) is 16.2 Å². The zero-order chi connectivity index (χ0) is 22.2. The number of carbonyl (C=O) groups excluding carboxylic acids is 1. The highest BCUT2D eigenvalue weighted by Gasteiger charge is 2.10. The van der Waals surface area contributed by atoms with Crippen LogP contribution in [0, 0.1) is 0 Å². The van der Waals surface area contributed by atoms with Gasteiger partial charge in [0.15, 0.2) is 9.84 Å².